The fourth-order valence-electron chi connectivity index (χ4n) is 2.44. The van der Waals surface area contributed by atoms with E-state index in [4.69, 9.17) is 16.6 Å². The van der Waals surface area contributed by atoms with Gasteiger partial charge in [-0.15, -0.1) is 0 Å². The second kappa shape index (κ2) is 6.29. The van der Waals surface area contributed by atoms with Gasteiger partial charge < -0.3 is 21.9 Å². The molecule has 24 heavy (non-hydrogen) atoms. The van der Waals surface area contributed by atoms with Crippen molar-refractivity contribution in [3.63, 3.8) is 0 Å². The van der Waals surface area contributed by atoms with Crippen molar-refractivity contribution in [2.75, 3.05) is 16.8 Å². The van der Waals surface area contributed by atoms with Gasteiger partial charge in [0.05, 0.1) is 17.6 Å². The molecule has 0 fully saturated rings. The maximum atomic E-state index is 10.3. The number of carboxylic acids is 1. The third-order valence-electron chi connectivity index (χ3n) is 3.63. The molecule has 3 aromatic carbocycles. The van der Waals surface area contributed by atoms with Gasteiger partial charge in [0.2, 0.25) is 0 Å². The predicted molar refractivity (Wildman–Crippen MR) is 97.9 cm³/mol. The molecule has 1 heterocycles. The summed E-state index contributed by atoms with van der Waals surface area (Å²) in [4.78, 5) is 14.5. The highest BCUT2D eigenvalue weighted by Gasteiger charge is 2.09. The Morgan fingerprint density at radius 1 is 1.00 bits per heavy atom. The lowest BCUT2D eigenvalue weighted by Crippen LogP contribution is -2.00. The van der Waals surface area contributed by atoms with Crippen LogP contribution < -0.4 is 16.8 Å². The predicted octanol–water partition coefficient (Wildman–Crippen LogP) is 3.47. The van der Waals surface area contributed by atoms with Gasteiger partial charge in [0.25, 0.3) is 0 Å². The molecular weight excluding hydrogens is 304 g/mol. The number of hydrogen-bond acceptors (Lipinski definition) is 5. The van der Waals surface area contributed by atoms with Crippen molar-refractivity contribution in [1.29, 1.82) is 0 Å². The zero-order chi connectivity index (χ0) is 17.1. The van der Waals surface area contributed by atoms with E-state index in [1.54, 1.807) is 18.5 Å². The summed E-state index contributed by atoms with van der Waals surface area (Å²) in [7, 11) is 0. The van der Waals surface area contributed by atoms with E-state index in [1.807, 2.05) is 30.3 Å². The van der Waals surface area contributed by atoms with Gasteiger partial charge in [-0.25, -0.2) is 9.79 Å². The van der Waals surface area contributed by atoms with Crippen LogP contribution in [0.1, 0.15) is 10.4 Å². The van der Waals surface area contributed by atoms with E-state index in [0.29, 0.717) is 5.69 Å². The number of anilines is 3. The molecule has 0 saturated carbocycles. The zero-order valence-electron chi connectivity index (χ0n) is 12.7. The van der Waals surface area contributed by atoms with Gasteiger partial charge in [-0.1, -0.05) is 12.1 Å². The molecule has 120 valence electrons. The summed E-state index contributed by atoms with van der Waals surface area (Å²) in [6.07, 6.45) is 1.70. The third kappa shape index (κ3) is 2.98. The second-order valence-electron chi connectivity index (χ2n) is 5.23. The maximum absolute atomic E-state index is 10.3. The van der Waals surface area contributed by atoms with E-state index in [0.717, 1.165) is 27.8 Å². The van der Waals surface area contributed by atoms with Crippen LogP contribution in [0.4, 0.5) is 22.7 Å². The van der Waals surface area contributed by atoms with Gasteiger partial charge >= 0.3 is 5.97 Å². The number of nitrogens with one attached hydrogen (secondary N) is 1. The highest BCUT2D eigenvalue weighted by atomic mass is 16.4. The molecule has 0 aliphatic carbocycles. The van der Waals surface area contributed by atoms with E-state index >= 15 is 0 Å². The molecule has 3 aromatic rings. The molecule has 0 atom stereocenters. The minimum absolute atomic E-state index is 0.259. The number of aliphatic imine (C=N–C) groups is 1. The molecule has 0 amide bonds. The summed E-state index contributed by atoms with van der Waals surface area (Å²) in [5.41, 5.74) is 14.9. The van der Waals surface area contributed by atoms with Gasteiger partial charge in [-0.2, -0.15) is 0 Å². The Morgan fingerprint density at radius 2 is 1.75 bits per heavy atom. The highest BCUT2D eigenvalue weighted by molar-refractivity contribution is 6.12. The molecule has 4 rings (SSSR count). The first-order chi connectivity index (χ1) is 11.6. The van der Waals surface area contributed by atoms with Crippen LogP contribution in [0.2, 0.25) is 0 Å². The Kier molecular flexibility index (Phi) is 4.03. The average Bonchev–Trinajstić information content (AvgIpc) is 2.59. The van der Waals surface area contributed by atoms with Gasteiger partial charge in [-0.3, -0.25) is 0 Å². The largest absolute Gasteiger partial charge is 0.478 e. The lowest BCUT2D eigenvalue weighted by molar-refractivity contribution is 0.0697. The van der Waals surface area contributed by atoms with Crippen LogP contribution >= 0.6 is 0 Å². The van der Waals surface area contributed by atoms with Gasteiger partial charge in [0.1, 0.15) is 0 Å². The number of aromatic carboxylic acids is 1. The van der Waals surface area contributed by atoms with E-state index in [-0.39, 0.29) is 5.56 Å². The van der Waals surface area contributed by atoms with Crippen molar-refractivity contribution in [3.8, 4) is 0 Å². The van der Waals surface area contributed by atoms with Crippen LogP contribution in [0.5, 0.6) is 0 Å². The van der Waals surface area contributed by atoms with Crippen LogP contribution in [0.15, 0.2) is 59.6 Å². The van der Waals surface area contributed by atoms with E-state index < -0.39 is 5.97 Å². The molecule has 6 N–H and O–H groups in total. The number of carboxylic acid groups (broad SMARTS) is 1. The summed E-state index contributed by atoms with van der Waals surface area (Å²) in [5.74, 6) is -0.931. The third-order valence-corrected chi connectivity index (χ3v) is 3.63. The van der Waals surface area contributed by atoms with Gasteiger partial charge in [0, 0.05) is 27.8 Å². The molecule has 1 aliphatic heterocycles. The number of nitrogens with two attached hydrogens (primary N) is 2. The Balaban J connectivity index is 0.000000150. The lowest BCUT2D eigenvalue weighted by Gasteiger charge is -2.13. The summed E-state index contributed by atoms with van der Waals surface area (Å²) >= 11 is 0. The summed E-state index contributed by atoms with van der Waals surface area (Å²) < 4.78 is 0. The Labute approximate surface area is 138 Å². The summed E-state index contributed by atoms with van der Waals surface area (Å²) in [5, 5.41) is 13.7. The van der Waals surface area contributed by atoms with Crippen molar-refractivity contribution in [2.24, 2.45) is 4.99 Å². The minimum Gasteiger partial charge on any atom is -0.478 e. The van der Waals surface area contributed by atoms with Gasteiger partial charge in [0.15, 0.2) is 0 Å². The fourth-order valence-corrected chi connectivity index (χ4v) is 2.44. The number of nitrogens with zero attached hydrogens (tertiary/aromatic N) is 1. The Morgan fingerprint density at radius 3 is 2.46 bits per heavy atom. The SMILES string of the molecule is Nc1ccc(C(=O)O)cc1.Nc1ccc2c3c(cccc13)NC=N2. The standard InChI is InChI=1S/C11H9N3.C7H7NO2/c12-8-4-5-10-11-7(8)2-1-3-9(11)13-6-14-10;8-6-3-1-5(2-4-6)7(9)10/h1-6H,12H2,(H,13,14);1-4H,8H2,(H,9,10). The summed E-state index contributed by atoms with van der Waals surface area (Å²) in [6, 6.07) is 15.9. The topological polar surface area (TPSA) is 114 Å². The molecule has 0 saturated heterocycles. The van der Waals surface area contributed by atoms with Crippen molar-refractivity contribution >= 4 is 45.8 Å². The van der Waals surface area contributed by atoms with Crippen LogP contribution in [-0.4, -0.2) is 17.4 Å². The fraction of sp³-hybridized carbons (Fsp3) is 0. The smallest absolute Gasteiger partial charge is 0.335 e. The van der Waals surface area contributed by atoms with Crippen molar-refractivity contribution in [3.05, 3.63) is 60.2 Å². The normalized spacial score (nSPS) is 11.3. The Bertz CT molecular complexity index is 934. The van der Waals surface area contributed by atoms with E-state index in [2.05, 4.69) is 10.3 Å². The molecule has 0 bridgehead atoms. The summed E-state index contributed by atoms with van der Waals surface area (Å²) in [6.45, 7) is 0. The van der Waals surface area contributed by atoms with Crippen LogP contribution in [-0.2, 0) is 0 Å². The maximum Gasteiger partial charge on any atom is 0.335 e. The first kappa shape index (κ1) is 15.4. The highest BCUT2D eigenvalue weighted by Crippen LogP contribution is 2.37. The van der Waals surface area contributed by atoms with Crippen LogP contribution in [0.25, 0.3) is 10.8 Å². The number of hydrogen-bond donors (Lipinski definition) is 4. The number of carbonyl (C=O) groups is 1. The van der Waals surface area contributed by atoms with E-state index in [9.17, 15) is 4.79 Å². The quantitative estimate of drug-likeness (QED) is 0.513. The van der Waals surface area contributed by atoms with Crippen molar-refractivity contribution in [2.45, 2.75) is 0 Å². The van der Waals surface area contributed by atoms with Crippen LogP contribution in [0, 0.1) is 0 Å². The zero-order valence-corrected chi connectivity index (χ0v) is 12.7. The molecule has 6 heteroatoms. The molecule has 0 unspecified atom stereocenters. The molecule has 6 nitrogen and oxygen atoms in total. The first-order valence-electron chi connectivity index (χ1n) is 7.25. The first-order valence-corrected chi connectivity index (χ1v) is 7.25. The monoisotopic (exact) mass is 320 g/mol. The molecule has 0 radical (unpaired) electrons. The second-order valence-corrected chi connectivity index (χ2v) is 5.23. The van der Waals surface area contributed by atoms with Crippen molar-refractivity contribution < 1.29 is 9.90 Å². The molecular formula is C18H16N4O2. The molecule has 1 aliphatic rings. The Hall–Kier alpha value is -3.54. The minimum atomic E-state index is -0.931. The molecule has 0 aromatic heterocycles. The van der Waals surface area contributed by atoms with Gasteiger partial charge in [-0.05, 0) is 42.5 Å². The van der Waals surface area contributed by atoms with Crippen LogP contribution in [0.3, 0.4) is 0 Å². The number of rotatable bonds is 1. The number of nitrogen functional groups attached to an aromatic ring is 2. The molecule has 0 spiro atoms. The van der Waals surface area contributed by atoms with Crippen molar-refractivity contribution in [1.82, 2.24) is 0 Å². The average molecular weight is 320 g/mol. The van der Waals surface area contributed by atoms with E-state index in [1.165, 1.54) is 12.1 Å². The number of benzene rings is 3. The lowest BCUT2D eigenvalue weighted by atomic mass is 10.0.